The number of thiazole rings is 1. The van der Waals surface area contributed by atoms with Gasteiger partial charge < -0.3 is 0 Å². The van der Waals surface area contributed by atoms with Crippen molar-refractivity contribution in [1.82, 2.24) is 15.2 Å². The van der Waals surface area contributed by atoms with Crippen molar-refractivity contribution in [3.8, 4) is 16.6 Å². The molecule has 3 aromatic rings. The van der Waals surface area contributed by atoms with Crippen LogP contribution in [0.15, 0.2) is 36.4 Å². The van der Waals surface area contributed by atoms with Gasteiger partial charge in [-0.15, -0.1) is 10.2 Å². The molecule has 5 heteroatoms. The van der Waals surface area contributed by atoms with Crippen LogP contribution in [0.1, 0.15) is 5.69 Å². The molecule has 80 valence electrons. The van der Waals surface area contributed by atoms with Gasteiger partial charge in [0, 0.05) is 11.6 Å². The van der Waals surface area contributed by atoms with E-state index < -0.39 is 0 Å². The summed E-state index contributed by atoms with van der Waals surface area (Å²) in [7, 11) is 0. The largest absolute Gasteiger partial charge is 0.234 e. The first-order valence-electron chi connectivity index (χ1n) is 4.96. The highest BCUT2D eigenvalue weighted by Crippen LogP contribution is 2.28. The SMILES string of the molecule is N#Cc1cc2nc(-c3ccccc3)sc2nn1. The molecule has 0 aliphatic rings. The lowest BCUT2D eigenvalue weighted by atomic mass is 10.2. The number of benzene rings is 1. The second-order valence-electron chi connectivity index (χ2n) is 3.42. The van der Waals surface area contributed by atoms with Crippen molar-refractivity contribution in [2.24, 2.45) is 0 Å². The van der Waals surface area contributed by atoms with Crippen molar-refractivity contribution in [2.75, 3.05) is 0 Å². The van der Waals surface area contributed by atoms with Gasteiger partial charge in [0.15, 0.2) is 10.5 Å². The molecule has 0 saturated carbocycles. The minimum Gasteiger partial charge on any atom is -0.234 e. The Labute approximate surface area is 101 Å². The maximum Gasteiger partial charge on any atom is 0.166 e. The van der Waals surface area contributed by atoms with Gasteiger partial charge in [-0.05, 0) is 0 Å². The van der Waals surface area contributed by atoms with Gasteiger partial charge in [0.25, 0.3) is 0 Å². The molecule has 2 aromatic heterocycles. The van der Waals surface area contributed by atoms with Crippen molar-refractivity contribution in [2.45, 2.75) is 0 Å². The zero-order valence-electron chi connectivity index (χ0n) is 8.66. The first-order chi connectivity index (χ1) is 8.36. The Hall–Kier alpha value is -2.32. The molecular formula is C12H6N4S. The van der Waals surface area contributed by atoms with Crippen LogP contribution in [0.5, 0.6) is 0 Å². The molecule has 0 saturated heterocycles. The van der Waals surface area contributed by atoms with Gasteiger partial charge in [0.05, 0.1) is 0 Å². The Balaban J connectivity index is 2.18. The monoisotopic (exact) mass is 238 g/mol. The van der Waals surface area contributed by atoms with E-state index in [1.54, 1.807) is 6.07 Å². The van der Waals surface area contributed by atoms with Gasteiger partial charge in [0.2, 0.25) is 0 Å². The summed E-state index contributed by atoms with van der Waals surface area (Å²) in [5.74, 6) is 0. The van der Waals surface area contributed by atoms with Gasteiger partial charge in [-0.3, -0.25) is 0 Å². The molecule has 0 aliphatic heterocycles. The third-order valence-electron chi connectivity index (χ3n) is 2.29. The van der Waals surface area contributed by atoms with Crippen LogP contribution in [0.4, 0.5) is 0 Å². The summed E-state index contributed by atoms with van der Waals surface area (Å²) in [5, 5.41) is 17.4. The summed E-state index contributed by atoms with van der Waals surface area (Å²) in [6.45, 7) is 0. The van der Waals surface area contributed by atoms with Crippen LogP contribution >= 0.6 is 11.3 Å². The fraction of sp³-hybridized carbons (Fsp3) is 0. The Morgan fingerprint density at radius 3 is 2.71 bits per heavy atom. The van der Waals surface area contributed by atoms with Crippen LogP contribution in [0.25, 0.3) is 20.9 Å². The van der Waals surface area contributed by atoms with Crippen LogP contribution in [-0.2, 0) is 0 Å². The number of hydrogen-bond acceptors (Lipinski definition) is 5. The molecule has 0 atom stereocenters. The normalized spacial score (nSPS) is 10.3. The van der Waals surface area contributed by atoms with E-state index in [1.165, 1.54) is 11.3 Å². The van der Waals surface area contributed by atoms with E-state index in [-0.39, 0.29) is 0 Å². The van der Waals surface area contributed by atoms with Crippen LogP contribution in [0.2, 0.25) is 0 Å². The quantitative estimate of drug-likeness (QED) is 0.653. The second-order valence-corrected chi connectivity index (χ2v) is 4.39. The first-order valence-corrected chi connectivity index (χ1v) is 5.78. The predicted molar refractivity (Wildman–Crippen MR) is 65.4 cm³/mol. The molecule has 0 aliphatic carbocycles. The van der Waals surface area contributed by atoms with Crippen LogP contribution in [-0.4, -0.2) is 15.2 Å². The standard InChI is InChI=1S/C12H6N4S/c13-7-9-6-10-12(16-15-9)17-11(14-10)8-4-2-1-3-5-8/h1-6H. The van der Waals surface area contributed by atoms with E-state index in [9.17, 15) is 0 Å². The summed E-state index contributed by atoms with van der Waals surface area (Å²) in [6, 6.07) is 13.5. The summed E-state index contributed by atoms with van der Waals surface area (Å²) in [5.41, 5.74) is 2.07. The summed E-state index contributed by atoms with van der Waals surface area (Å²) < 4.78 is 0. The average Bonchev–Trinajstić information content (AvgIpc) is 2.82. The fourth-order valence-corrected chi connectivity index (χ4v) is 2.38. The molecule has 0 spiro atoms. The van der Waals surface area contributed by atoms with E-state index in [0.717, 1.165) is 20.9 Å². The van der Waals surface area contributed by atoms with Gasteiger partial charge in [0.1, 0.15) is 16.6 Å². The van der Waals surface area contributed by atoms with Crippen LogP contribution in [0, 0.1) is 11.3 Å². The number of rotatable bonds is 1. The Morgan fingerprint density at radius 2 is 1.94 bits per heavy atom. The molecule has 2 heterocycles. The highest BCUT2D eigenvalue weighted by atomic mass is 32.1. The maximum atomic E-state index is 8.74. The highest BCUT2D eigenvalue weighted by molar-refractivity contribution is 7.21. The van der Waals surface area contributed by atoms with Gasteiger partial charge in [-0.1, -0.05) is 41.7 Å². The third-order valence-corrected chi connectivity index (χ3v) is 3.30. The number of nitrogens with zero attached hydrogens (tertiary/aromatic N) is 4. The predicted octanol–water partition coefficient (Wildman–Crippen LogP) is 2.62. The van der Waals surface area contributed by atoms with E-state index in [2.05, 4.69) is 15.2 Å². The first kappa shape index (κ1) is 9.87. The minimum absolute atomic E-state index is 0.294. The molecule has 4 nitrogen and oxygen atoms in total. The summed E-state index contributed by atoms with van der Waals surface area (Å²) >= 11 is 1.48. The van der Waals surface area contributed by atoms with Crippen molar-refractivity contribution >= 4 is 21.7 Å². The lowest BCUT2D eigenvalue weighted by Crippen LogP contribution is -1.85. The summed E-state index contributed by atoms with van der Waals surface area (Å²) in [6.07, 6.45) is 0. The minimum atomic E-state index is 0.294. The molecule has 3 rings (SSSR count). The Bertz CT molecular complexity index is 712. The van der Waals surface area contributed by atoms with E-state index >= 15 is 0 Å². The topological polar surface area (TPSA) is 62.5 Å². The molecule has 0 amide bonds. The molecule has 1 aromatic carbocycles. The average molecular weight is 238 g/mol. The van der Waals surface area contributed by atoms with Gasteiger partial charge in [-0.25, -0.2) is 4.98 Å². The molecule has 0 radical (unpaired) electrons. The zero-order chi connectivity index (χ0) is 11.7. The molecule has 0 unspecified atom stereocenters. The number of hydrogen-bond donors (Lipinski definition) is 0. The second kappa shape index (κ2) is 3.92. The van der Waals surface area contributed by atoms with E-state index in [1.807, 2.05) is 36.4 Å². The van der Waals surface area contributed by atoms with Gasteiger partial charge >= 0.3 is 0 Å². The van der Waals surface area contributed by atoms with Crippen LogP contribution < -0.4 is 0 Å². The Kier molecular flexibility index (Phi) is 2.28. The van der Waals surface area contributed by atoms with Crippen molar-refractivity contribution in [1.29, 1.82) is 5.26 Å². The van der Waals surface area contributed by atoms with Crippen molar-refractivity contribution in [3.05, 3.63) is 42.1 Å². The fourth-order valence-electron chi connectivity index (χ4n) is 1.51. The third kappa shape index (κ3) is 1.75. The van der Waals surface area contributed by atoms with E-state index in [0.29, 0.717) is 5.69 Å². The molecular weight excluding hydrogens is 232 g/mol. The Morgan fingerprint density at radius 1 is 1.12 bits per heavy atom. The summed E-state index contributed by atoms with van der Waals surface area (Å²) in [4.78, 5) is 5.21. The smallest absolute Gasteiger partial charge is 0.166 e. The maximum absolute atomic E-state index is 8.74. The molecule has 17 heavy (non-hydrogen) atoms. The molecule has 0 bridgehead atoms. The number of fused-ring (bicyclic) bond motifs is 1. The lowest BCUT2D eigenvalue weighted by Gasteiger charge is -1.91. The van der Waals surface area contributed by atoms with Gasteiger partial charge in [-0.2, -0.15) is 5.26 Å². The molecule has 0 N–H and O–H groups in total. The molecule has 0 fully saturated rings. The van der Waals surface area contributed by atoms with Crippen LogP contribution in [0.3, 0.4) is 0 Å². The van der Waals surface area contributed by atoms with E-state index in [4.69, 9.17) is 5.26 Å². The highest BCUT2D eigenvalue weighted by Gasteiger charge is 2.08. The zero-order valence-corrected chi connectivity index (χ0v) is 9.48. The van der Waals surface area contributed by atoms with Crippen molar-refractivity contribution in [3.63, 3.8) is 0 Å². The lowest BCUT2D eigenvalue weighted by molar-refractivity contribution is 1.06. The number of nitriles is 1. The van der Waals surface area contributed by atoms with Crippen molar-refractivity contribution < 1.29 is 0 Å². The number of aromatic nitrogens is 3.